The van der Waals surface area contributed by atoms with Crippen molar-refractivity contribution in [2.24, 2.45) is 0 Å². The summed E-state index contributed by atoms with van der Waals surface area (Å²) in [6.07, 6.45) is 4.99. The maximum absolute atomic E-state index is 12.4. The van der Waals surface area contributed by atoms with Gasteiger partial charge in [-0.05, 0) is 19.1 Å². The highest BCUT2D eigenvalue weighted by atomic mass is 35.5. The maximum atomic E-state index is 12.4. The molecule has 0 saturated heterocycles. The first-order chi connectivity index (χ1) is 11.6. The van der Waals surface area contributed by atoms with Gasteiger partial charge in [0.2, 0.25) is 5.91 Å². The predicted octanol–water partition coefficient (Wildman–Crippen LogP) is 2.38. The number of aromatic nitrogens is 3. The van der Waals surface area contributed by atoms with Gasteiger partial charge in [-0.15, -0.1) is 0 Å². The first-order valence-corrected chi connectivity index (χ1v) is 9.30. The molecule has 0 spiro atoms. The van der Waals surface area contributed by atoms with Gasteiger partial charge in [0.25, 0.3) is 0 Å². The van der Waals surface area contributed by atoms with E-state index in [0.717, 1.165) is 5.69 Å². The first kappa shape index (κ1) is 18.7. The number of alkyl halides is 1. The Labute approximate surface area is 147 Å². The zero-order valence-corrected chi connectivity index (χ0v) is 14.8. The number of anilines is 1. The largest absolute Gasteiger partial charge is 0.616 e. The molecule has 0 N–H and O–H groups in total. The van der Waals surface area contributed by atoms with Crippen LogP contribution in [0.4, 0.5) is 10.1 Å². The summed E-state index contributed by atoms with van der Waals surface area (Å²) in [5, 5.41) is 4.39. The van der Waals surface area contributed by atoms with E-state index in [2.05, 4.69) is 10.1 Å². The number of hydrogen-bond acceptors (Lipinski definition) is 4. The summed E-state index contributed by atoms with van der Waals surface area (Å²) >= 11 is 4.84. The Morgan fingerprint density at radius 2 is 2.29 bits per heavy atom. The second-order valence-electron chi connectivity index (χ2n) is 4.89. The summed E-state index contributed by atoms with van der Waals surface area (Å²) in [6, 6.07) is 3.59. The lowest BCUT2D eigenvalue weighted by molar-refractivity contribution is -0.118. The lowest BCUT2D eigenvalue weighted by Crippen LogP contribution is -2.32. The Bertz CT molecular complexity index is 671. The molecule has 0 aromatic carbocycles. The Balaban J connectivity index is 2.13. The van der Waals surface area contributed by atoms with E-state index in [-0.39, 0.29) is 29.0 Å². The van der Waals surface area contributed by atoms with Crippen LogP contribution >= 0.6 is 11.6 Å². The highest BCUT2D eigenvalue weighted by molar-refractivity contribution is 7.91. The van der Waals surface area contributed by atoms with Crippen LogP contribution in [0.15, 0.2) is 30.7 Å². The number of nitrogens with zero attached hydrogens (tertiary/aromatic N) is 4. The van der Waals surface area contributed by atoms with Gasteiger partial charge in [-0.25, -0.2) is 9.07 Å². The number of pyridine rings is 1. The maximum Gasteiger partial charge on any atom is 0.231 e. The van der Waals surface area contributed by atoms with Gasteiger partial charge in [0, 0.05) is 12.7 Å². The summed E-state index contributed by atoms with van der Waals surface area (Å²) in [6.45, 7) is 1.56. The van der Waals surface area contributed by atoms with E-state index in [1.165, 1.54) is 4.90 Å². The summed E-state index contributed by atoms with van der Waals surface area (Å²) in [5.74, 6) is -0.135. The molecule has 2 rings (SSSR count). The molecule has 0 saturated carbocycles. The van der Waals surface area contributed by atoms with Crippen LogP contribution < -0.4 is 4.90 Å². The van der Waals surface area contributed by atoms with Crippen LogP contribution in [0.2, 0.25) is 5.15 Å². The minimum atomic E-state index is -1.33. The predicted molar refractivity (Wildman–Crippen MR) is 92.9 cm³/mol. The van der Waals surface area contributed by atoms with Crippen molar-refractivity contribution in [3.8, 4) is 5.69 Å². The van der Waals surface area contributed by atoms with Crippen LogP contribution in [-0.2, 0) is 16.0 Å². The van der Waals surface area contributed by atoms with Gasteiger partial charge in [-0.3, -0.25) is 9.78 Å². The molecule has 0 radical (unpaired) electrons. The molecule has 1 unspecified atom stereocenters. The van der Waals surface area contributed by atoms with Gasteiger partial charge >= 0.3 is 0 Å². The molecular formula is C15H18ClFN4O2S. The zero-order valence-electron chi connectivity index (χ0n) is 13.2. The van der Waals surface area contributed by atoms with Crippen molar-refractivity contribution in [2.45, 2.75) is 13.3 Å². The number of carbonyl (C=O) groups excluding carboxylic acids is 1. The molecule has 1 atom stereocenters. The van der Waals surface area contributed by atoms with Crippen LogP contribution in [-0.4, -0.2) is 49.9 Å². The normalized spacial score (nSPS) is 12.2. The second-order valence-corrected chi connectivity index (χ2v) is 6.94. The third kappa shape index (κ3) is 4.68. The van der Waals surface area contributed by atoms with Crippen molar-refractivity contribution in [2.75, 3.05) is 29.6 Å². The highest BCUT2D eigenvalue weighted by Crippen LogP contribution is 2.26. The Kier molecular flexibility index (Phi) is 7.01. The number of hydrogen-bond donors (Lipinski definition) is 0. The van der Waals surface area contributed by atoms with Gasteiger partial charge in [0.05, 0.1) is 24.5 Å². The average Bonchev–Trinajstić information content (AvgIpc) is 2.96. The highest BCUT2D eigenvalue weighted by Gasteiger charge is 2.21. The molecular weight excluding hydrogens is 355 g/mol. The van der Waals surface area contributed by atoms with Crippen molar-refractivity contribution >= 4 is 34.4 Å². The molecule has 0 fully saturated rings. The third-order valence-electron chi connectivity index (χ3n) is 3.32. The van der Waals surface area contributed by atoms with Crippen molar-refractivity contribution in [1.82, 2.24) is 14.8 Å². The molecule has 0 bridgehead atoms. The van der Waals surface area contributed by atoms with Gasteiger partial charge < -0.3 is 9.45 Å². The van der Waals surface area contributed by atoms with Crippen LogP contribution in [0, 0.1) is 0 Å². The molecule has 6 nitrogen and oxygen atoms in total. The van der Waals surface area contributed by atoms with E-state index >= 15 is 0 Å². The Morgan fingerprint density at radius 3 is 2.92 bits per heavy atom. The molecule has 2 aromatic rings. The molecule has 1 amide bonds. The summed E-state index contributed by atoms with van der Waals surface area (Å²) in [4.78, 5) is 17.9. The number of halogens is 2. The minimum absolute atomic E-state index is 0.0426. The SMILES string of the molecule is CCN(C(=O)CC[S+]([O-])CCF)c1cn(-c2cccnc2)nc1Cl. The molecule has 0 aliphatic heterocycles. The quantitative estimate of drug-likeness (QED) is 0.667. The van der Waals surface area contributed by atoms with E-state index in [1.807, 2.05) is 13.0 Å². The minimum Gasteiger partial charge on any atom is -0.616 e. The molecule has 130 valence electrons. The van der Waals surface area contributed by atoms with Crippen molar-refractivity contribution < 1.29 is 13.7 Å². The standard InChI is InChI=1S/C15H18ClFN4O2S/c1-2-20(14(22)5-8-24(23)9-6-17)13-11-21(19-15(13)16)12-4-3-7-18-10-12/h3-4,7,10-11H,2,5-6,8-9H2,1H3. The van der Waals surface area contributed by atoms with Gasteiger partial charge in [0.1, 0.15) is 23.9 Å². The van der Waals surface area contributed by atoms with E-state index in [4.69, 9.17) is 11.6 Å². The van der Waals surface area contributed by atoms with Crippen LogP contribution in [0.5, 0.6) is 0 Å². The molecule has 0 aliphatic carbocycles. The smallest absolute Gasteiger partial charge is 0.231 e. The van der Waals surface area contributed by atoms with Crippen molar-refractivity contribution in [1.29, 1.82) is 0 Å². The van der Waals surface area contributed by atoms with E-state index in [9.17, 15) is 13.7 Å². The summed E-state index contributed by atoms with van der Waals surface area (Å²) in [5.41, 5.74) is 1.20. The molecule has 2 heterocycles. The van der Waals surface area contributed by atoms with Crippen molar-refractivity contribution in [3.05, 3.63) is 35.9 Å². The van der Waals surface area contributed by atoms with Crippen molar-refractivity contribution in [3.63, 3.8) is 0 Å². The number of amides is 1. The fourth-order valence-corrected chi connectivity index (χ4v) is 3.16. The Hall–Kier alpha value is -1.64. The van der Waals surface area contributed by atoms with E-state index < -0.39 is 17.9 Å². The Morgan fingerprint density at radius 1 is 1.50 bits per heavy atom. The van der Waals surface area contributed by atoms with Crippen LogP contribution in [0.1, 0.15) is 13.3 Å². The lowest BCUT2D eigenvalue weighted by atomic mass is 10.3. The first-order valence-electron chi connectivity index (χ1n) is 7.43. The molecule has 2 aromatic heterocycles. The topological polar surface area (TPSA) is 74.1 Å². The number of rotatable bonds is 8. The third-order valence-corrected chi connectivity index (χ3v) is 4.86. The van der Waals surface area contributed by atoms with Gasteiger partial charge in [0.15, 0.2) is 5.15 Å². The van der Waals surface area contributed by atoms with E-state index in [0.29, 0.717) is 12.2 Å². The molecule has 24 heavy (non-hydrogen) atoms. The van der Waals surface area contributed by atoms with Gasteiger partial charge in [-0.1, -0.05) is 22.8 Å². The fraction of sp³-hybridized carbons (Fsp3) is 0.400. The van der Waals surface area contributed by atoms with Crippen LogP contribution in [0.25, 0.3) is 5.69 Å². The second kappa shape index (κ2) is 9.00. The lowest BCUT2D eigenvalue weighted by Gasteiger charge is -2.19. The van der Waals surface area contributed by atoms with E-state index in [1.54, 1.807) is 29.3 Å². The molecule has 9 heteroatoms. The average molecular weight is 373 g/mol. The summed E-state index contributed by atoms with van der Waals surface area (Å²) in [7, 11) is 0. The zero-order chi connectivity index (χ0) is 17.5. The fourth-order valence-electron chi connectivity index (χ4n) is 2.15. The molecule has 0 aliphatic rings. The summed E-state index contributed by atoms with van der Waals surface area (Å²) < 4.78 is 25.2. The monoisotopic (exact) mass is 372 g/mol. The van der Waals surface area contributed by atoms with Crippen LogP contribution in [0.3, 0.4) is 0 Å². The van der Waals surface area contributed by atoms with Gasteiger partial charge in [-0.2, -0.15) is 5.10 Å². The number of carbonyl (C=O) groups is 1.